The second-order valence-corrected chi connectivity index (χ2v) is 4.34. The highest BCUT2D eigenvalue weighted by Gasteiger charge is 2.12. The largest absolute Gasteiger partial charge is 0.341 e. The lowest BCUT2D eigenvalue weighted by molar-refractivity contribution is 0.151. The highest BCUT2D eigenvalue weighted by molar-refractivity contribution is 6.08. The first-order valence-electron chi connectivity index (χ1n) is 6.01. The van der Waals surface area contributed by atoms with Gasteiger partial charge in [0.05, 0.1) is 0 Å². The summed E-state index contributed by atoms with van der Waals surface area (Å²) in [5, 5.41) is 1.95. The molecule has 0 aliphatic rings. The number of halogens is 2. The molecular weight excluding hydrogens is 232 g/mol. The highest BCUT2D eigenvalue weighted by Crippen LogP contribution is 2.31. The molecule has 0 spiro atoms. The molecule has 92 valence electrons. The molecule has 0 atom stereocenters. The summed E-state index contributed by atoms with van der Waals surface area (Å²) in [7, 11) is 0. The lowest BCUT2D eigenvalue weighted by Crippen LogP contribution is -1.92. The fourth-order valence-electron chi connectivity index (χ4n) is 2.55. The molecular formula is C15H13F2N. The van der Waals surface area contributed by atoms with E-state index in [4.69, 9.17) is 0 Å². The monoisotopic (exact) mass is 245 g/mol. The van der Waals surface area contributed by atoms with Gasteiger partial charge < -0.3 is 4.57 Å². The molecule has 0 fully saturated rings. The minimum absolute atomic E-state index is 0.0847. The van der Waals surface area contributed by atoms with Crippen molar-refractivity contribution in [2.45, 2.75) is 19.9 Å². The van der Waals surface area contributed by atoms with E-state index in [9.17, 15) is 8.78 Å². The molecule has 3 rings (SSSR count). The Labute approximate surface area is 104 Å². The molecule has 0 aliphatic heterocycles. The van der Waals surface area contributed by atoms with Crippen LogP contribution < -0.4 is 0 Å². The summed E-state index contributed by atoms with van der Waals surface area (Å²) in [6.45, 7) is 2.89. The number of hydrogen-bond acceptors (Lipinski definition) is 0. The van der Waals surface area contributed by atoms with Crippen LogP contribution >= 0.6 is 0 Å². The van der Waals surface area contributed by atoms with Crippen molar-refractivity contribution in [2.75, 3.05) is 0 Å². The van der Waals surface area contributed by atoms with Gasteiger partial charge in [-0.15, -0.1) is 0 Å². The maximum absolute atomic E-state index is 12.8. The first-order valence-corrected chi connectivity index (χ1v) is 6.01. The zero-order chi connectivity index (χ0) is 12.7. The SMILES string of the molecule is CCn1c2ccccc2c2cc(C(F)F)ccc21. The van der Waals surface area contributed by atoms with Gasteiger partial charge in [-0.3, -0.25) is 0 Å². The fourth-order valence-corrected chi connectivity index (χ4v) is 2.55. The van der Waals surface area contributed by atoms with E-state index in [1.165, 1.54) is 6.07 Å². The van der Waals surface area contributed by atoms with E-state index in [0.29, 0.717) is 0 Å². The number of hydrogen-bond donors (Lipinski definition) is 0. The molecule has 0 amide bonds. The van der Waals surface area contributed by atoms with Crippen LogP contribution in [0.15, 0.2) is 42.5 Å². The van der Waals surface area contributed by atoms with Gasteiger partial charge in [0.1, 0.15) is 0 Å². The minimum atomic E-state index is -2.42. The van der Waals surface area contributed by atoms with E-state index in [1.54, 1.807) is 12.1 Å². The zero-order valence-electron chi connectivity index (χ0n) is 10.0. The number of aryl methyl sites for hydroxylation is 1. The predicted octanol–water partition coefficient (Wildman–Crippen LogP) is 4.75. The van der Waals surface area contributed by atoms with Crippen molar-refractivity contribution in [3.8, 4) is 0 Å². The Balaban J connectivity index is 2.45. The molecule has 1 aromatic heterocycles. The van der Waals surface area contributed by atoms with Gasteiger partial charge in [-0.1, -0.05) is 24.3 Å². The molecule has 1 nitrogen and oxygen atoms in total. The molecule has 1 heterocycles. The molecule has 18 heavy (non-hydrogen) atoms. The van der Waals surface area contributed by atoms with E-state index in [1.807, 2.05) is 24.3 Å². The van der Waals surface area contributed by atoms with Crippen molar-refractivity contribution in [3.63, 3.8) is 0 Å². The van der Waals surface area contributed by atoms with Crippen LogP contribution in [0.3, 0.4) is 0 Å². The van der Waals surface area contributed by atoms with Gasteiger partial charge in [-0.05, 0) is 25.1 Å². The molecule has 0 unspecified atom stereocenters. The van der Waals surface area contributed by atoms with Crippen LogP contribution in [-0.2, 0) is 6.54 Å². The third-order valence-electron chi connectivity index (χ3n) is 3.36. The smallest absolute Gasteiger partial charge is 0.263 e. The van der Waals surface area contributed by atoms with Gasteiger partial charge in [0.15, 0.2) is 0 Å². The molecule has 0 saturated carbocycles. The average Bonchev–Trinajstić information content (AvgIpc) is 2.71. The van der Waals surface area contributed by atoms with Crippen LogP contribution in [-0.4, -0.2) is 4.57 Å². The van der Waals surface area contributed by atoms with Crippen LogP contribution in [0.1, 0.15) is 18.9 Å². The molecule has 0 saturated heterocycles. The van der Waals surface area contributed by atoms with Gasteiger partial charge in [0.25, 0.3) is 6.43 Å². The van der Waals surface area contributed by atoms with Crippen molar-refractivity contribution < 1.29 is 8.78 Å². The molecule has 3 heteroatoms. The number of benzene rings is 2. The fraction of sp³-hybridized carbons (Fsp3) is 0.200. The number of aromatic nitrogens is 1. The molecule has 0 bridgehead atoms. The Kier molecular flexibility index (Phi) is 2.54. The average molecular weight is 245 g/mol. The normalized spacial score (nSPS) is 11.8. The van der Waals surface area contributed by atoms with Crippen molar-refractivity contribution in [1.82, 2.24) is 4.57 Å². The number of para-hydroxylation sites is 1. The lowest BCUT2D eigenvalue weighted by Gasteiger charge is -2.03. The Morgan fingerprint density at radius 2 is 1.72 bits per heavy atom. The van der Waals surface area contributed by atoms with Crippen molar-refractivity contribution in [1.29, 1.82) is 0 Å². The third kappa shape index (κ3) is 1.50. The summed E-state index contributed by atoms with van der Waals surface area (Å²) >= 11 is 0. The van der Waals surface area contributed by atoms with Crippen molar-refractivity contribution in [2.24, 2.45) is 0 Å². The second-order valence-electron chi connectivity index (χ2n) is 4.34. The molecule has 0 N–H and O–H groups in total. The van der Waals surface area contributed by atoms with Crippen molar-refractivity contribution in [3.05, 3.63) is 48.0 Å². The van der Waals surface area contributed by atoms with Crippen LogP contribution in [0.2, 0.25) is 0 Å². The lowest BCUT2D eigenvalue weighted by atomic mass is 10.1. The Morgan fingerprint density at radius 3 is 2.44 bits per heavy atom. The summed E-state index contributed by atoms with van der Waals surface area (Å²) < 4.78 is 27.7. The number of fused-ring (bicyclic) bond motifs is 3. The van der Waals surface area contributed by atoms with E-state index >= 15 is 0 Å². The Bertz CT molecular complexity index is 713. The maximum Gasteiger partial charge on any atom is 0.263 e. The van der Waals surface area contributed by atoms with Crippen LogP contribution in [0.4, 0.5) is 8.78 Å². The molecule has 2 aromatic carbocycles. The summed E-state index contributed by atoms with van der Waals surface area (Å²) in [6.07, 6.45) is -2.42. The highest BCUT2D eigenvalue weighted by atomic mass is 19.3. The Morgan fingerprint density at radius 1 is 1.00 bits per heavy atom. The van der Waals surface area contributed by atoms with E-state index < -0.39 is 6.43 Å². The van der Waals surface area contributed by atoms with Crippen molar-refractivity contribution >= 4 is 21.8 Å². The van der Waals surface area contributed by atoms with Gasteiger partial charge in [-0.2, -0.15) is 0 Å². The topological polar surface area (TPSA) is 4.93 Å². The standard InChI is InChI=1S/C15H13F2N/c1-2-18-13-6-4-3-5-11(13)12-9-10(15(16)17)7-8-14(12)18/h3-9,15H,2H2,1H3. The second kappa shape index (κ2) is 4.09. The Hall–Kier alpha value is -1.90. The van der Waals surface area contributed by atoms with Gasteiger partial charge in [0, 0.05) is 33.9 Å². The predicted molar refractivity (Wildman–Crippen MR) is 70.1 cm³/mol. The molecule has 0 aliphatic carbocycles. The number of rotatable bonds is 2. The third-order valence-corrected chi connectivity index (χ3v) is 3.36. The van der Waals surface area contributed by atoms with Crippen LogP contribution in [0, 0.1) is 0 Å². The first kappa shape index (κ1) is 11.2. The minimum Gasteiger partial charge on any atom is -0.341 e. The van der Waals surface area contributed by atoms with E-state index in [2.05, 4.69) is 11.5 Å². The molecule has 0 radical (unpaired) electrons. The van der Waals surface area contributed by atoms with E-state index in [-0.39, 0.29) is 5.56 Å². The van der Waals surface area contributed by atoms with Crippen LogP contribution in [0.25, 0.3) is 21.8 Å². The maximum atomic E-state index is 12.8. The first-order chi connectivity index (χ1) is 8.72. The summed E-state index contributed by atoms with van der Waals surface area (Å²) in [4.78, 5) is 0. The zero-order valence-corrected chi connectivity index (χ0v) is 10.0. The van der Waals surface area contributed by atoms with Gasteiger partial charge in [0.2, 0.25) is 0 Å². The van der Waals surface area contributed by atoms with Crippen LogP contribution in [0.5, 0.6) is 0 Å². The summed E-state index contributed by atoms with van der Waals surface area (Å²) in [6, 6.07) is 12.8. The van der Waals surface area contributed by atoms with Gasteiger partial charge in [-0.25, -0.2) is 8.78 Å². The number of alkyl halides is 2. The van der Waals surface area contributed by atoms with Gasteiger partial charge >= 0.3 is 0 Å². The molecule has 3 aromatic rings. The van der Waals surface area contributed by atoms with E-state index in [0.717, 1.165) is 28.4 Å². The quantitative estimate of drug-likeness (QED) is 0.614. The summed E-state index contributed by atoms with van der Waals surface area (Å²) in [5.41, 5.74) is 2.20. The summed E-state index contributed by atoms with van der Waals surface area (Å²) in [5.74, 6) is 0. The number of nitrogens with zero attached hydrogens (tertiary/aromatic N) is 1.